The van der Waals surface area contributed by atoms with E-state index in [1.807, 2.05) is 55.5 Å². The summed E-state index contributed by atoms with van der Waals surface area (Å²) >= 11 is 6.73. The molecule has 4 nitrogen and oxygen atoms in total. The fourth-order valence-corrected chi connectivity index (χ4v) is 4.23. The summed E-state index contributed by atoms with van der Waals surface area (Å²) in [5.74, 6) is 1.40. The predicted molar refractivity (Wildman–Crippen MR) is 123 cm³/mol. The zero-order valence-corrected chi connectivity index (χ0v) is 17.7. The van der Waals surface area contributed by atoms with Crippen molar-refractivity contribution in [1.29, 1.82) is 0 Å². The number of ether oxygens (including phenoxy) is 2. The van der Waals surface area contributed by atoms with Crippen LogP contribution in [-0.2, 0) is 4.79 Å². The lowest BCUT2D eigenvalue weighted by molar-refractivity contribution is -0.135. The zero-order chi connectivity index (χ0) is 20.4. The molecule has 0 aliphatic carbocycles. The van der Waals surface area contributed by atoms with Gasteiger partial charge in [-0.05, 0) is 59.7 Å². The number of rotatable bonds is 5. The minimum absolute atomic E-state index is 0.292. The molecule has 0 aromatic heterocycles. The molecule has 4 rings (SSSR count). The van der Waals surface area contributed by atoms with Crippen LogP contribution in [0.1, 0.15) is 24.0 Å². The number of hydrogen-bond acceptors (Lipinski definition) is 5. The van der Waals surface area contributed by atoms with Gasteiger partial charge in [0.2, 0.25) is 0 Å². The summed E-state index contributed by atoms with van der Waals surface area (Å²) in [5.41, 5.74) is 1.89. The second-order valence-electron chi connectivity index (χ2n) is 6.74. The van der Waals surface area contributed by atoms with Crippen LogP contribution in [0.4, 0.5) is 0 Å². The lowest BCUT2D eigenvalue weighted by atomic mass is 9.98. The molecular weight excluding hydrogens is 402 g/mol. The van der Waals surface area contributed by atoms with Gasteiger partial charge in [-0.15, -0.1) is 0 Å². The summed E-state index contributed by atoms with van der Waals surface area (Å²) in [7, 11) is 1.65. The van der Waals surface area contributed by atoms with Crippen molar-refractivity contribution in [2.45, 2.75) is 12.8 Å². The molecule has 0 fully saturated rings. The summed E-state index contributed by atoms with van der Waals surface area (Å²) < 4.78 is 10.8. The number of thiocarbonyl (C=S) groups is 1. The van der Waals surface area contributed by atoms with Crippen LogP contribution in [0.5, 0.6) is 11.5 Å². The molecule has 0 saturated heterocycles. The standard InChI is InChI=1S/C23H19NO3S2/c1-14(16-3-4-18-12-20(26-2)10-7-17(18)11-16)23(25)27-19-8-5-15(6-9-19)22-24-21(28)13-29-22/h3-12,14H,13H2,1-2H3. The van der Waals surface area contributed by atoms with E-state index in [2.05, 4.69) is 4.99 Å². The Kier molecular flexibility index (Phi) is 5.65. The number of carbonyl (C=O) groups excluding carboxylic acids is 1. The molecule has 0 saturated carbocycles. The van der Waals surface area contributed by atoms with E-state index < -0.39 is 0 Å². The van der Waals surface area contributed by atoms with E-state index in [4.69, 9.17) is 21.7 Å². The maximum Gasteiger partial charge on any atom is 0.318 e. The zero-order valence-electron chi connectivity index (χ0n) is 16.0. The van der Waals surface area contributed by atoms with Gasteiger partial charge in [0.1, 0.15) is 21.5 Å². The number of nitrogens with zero attached hydrogens (tertiary/aromatic N) is 1. The van der Waals surface area contributed by atoms with Gasteiger partial charge in [0.05, 0.1) is 18.8 Å². The first-order valence-corrected chi connectivity index (χ1v) is 10.6. The van der Waals surface area contributed by atoms with Gasteiger partial charge in [-0.1, -0.05) is 48.2 Å². The van der Waals surface area contributed by atoms with Crippen molar-refractivity contribution < 1.29 is 14.3 Å². The molecular formula is C23H19NO3S2. The molecule has 1 unspecified atom stereocenters. The molecule has 1 aliphatic heterocycles. The minimum atomic E-state index is -0.381. The van der Waals surface area contributed by atoms with Gasteiger partial charge in [0.25, 0.3) is 0 Å². The third kappa shape index (κ3) is 4.33. The average Bonchev–Trinajstić information content (AvgIpc) is 3.19. The summed E-state index contributed by atoms with van der Waals surface area (Å²) in [4.78, 5) is 17.7. The van der Waals surface area contributed by atoms with E-state index in [1.165, 1.54) is 0 Å². The van der Waals surface area contributed by atoms with Crippen molar-refractivity contribution >= 4 is 50.8 Å². The average molecular weight is 422 g/mol. The van der Waals surface area contributed by atoms with Crippen LogP contribution in [0, 0.1) is 0 Å². The van der Waals surface area contributed by atoms with Crippen molar-refractivity contribution in [3.8, 4) is 11.5 Å². The van der Waals surface area contributed by atoms with E-state index in [0.717, 1.165) is 38.4 Å². The van der Waals surface area contributed by atoms with Crippen LogP contribution in [0.25, 0.3) is 10.8 Å². The summed E-state index contributed by atoms with van der Waals surface area (Å²) in [6.45, 7) is 1.85. The van der Waals surface area contributed by atoms with Gasteiger partial charge < -0.3 is 9.47 Å². The molecule has 1 aliphatic rings. The third-order valence-electron chi connectivity index (χ3n) is 4.80. The highest BCUT2D eigenvalue weighted by molar-refractivity contribution is 8.16. The van der Waals surface area contributed by atoms with Crippen LogP contribution >= 0.6 is 24.0 Å². The van der Waals surface area contributed by atoms with Crippen LogP contribution < -0.4 is 9.47 Å². The van der Waals surface area contributed by atoms with Crippen LogP contribution in [0.15, 0.2) is 65.7 Å². The monoisotopic (exact) mass is 421 g/mol. The summed E-state index contributed by atoms with van der Waals surface area (Å²) in [5, 5.41) is 3.03. The summed E-state index contributed by atoms with van der Waals surface area (Å²) in [6.07, 6.45) is 0. The third-order valence-corrected chi connectivity index (χ3v) is 6.24. The first-order valence-electron chi connectivity index (χ1n) is 9.17. The Hall–Kier alpha value is -2.70. The smallest absolute Gasteiger partial charge is 0.318 e. The molecule has 0 N–H and O–H groups in total. The van der Waals surface area contributed by atoms with Crippen molar-refractivity contribution in [3.05, 3.63) is 71.8 Å². The Labute approximate surface area is 178 Å². The SMILES string of the molecule is COc1ccc2cc(C(C)C(=O)Oc3ccc(C4=NC(=S)CS4)cc3)ccc2c1. The molecule has 3 aromatic carbocycles. The Bertz CT molecular complexity index is 1120. The van der Waals surface area contributed by atoms with Crippen molar-refractivity contribution in [2.75, 3.05) is 12.9 Å². The lowest BCUT2D eigenvalue weighted by Gasteiger charge is -2.13. The topological polar surface area (TPSA) is 47.9 Å². The van der Waals surface area contributed by atoms with Crippen molar-refractivity contribution in [3.63, 3.8) is 0 Å². The number of methoxy groups -OCH3 is 1. The maximum atomic E-state index is 12.6. The Morgan fingerprint density at radius 3 is 2.41 bits per heavy atom. The van der Waals surface area contributed by atoms with E-state index in [0.29, 0.717) is 10.7 Å². The normalized spacial score (nSPS) is 14.6. The second-order valence-corrected chi connectivity index (χ2v) is 8.17. The molecule has 3 aromatic rings. The quantitative estimate of drug-likeness (QED) is 0.315. The van der Waals surface area contributed by atoms with Crippen molar-refractivity contribution in [1.82, 2.24) is 0 Å². The van der Waals surface area contributed by atoms with E-state index in [9.17, 15) is 4.79 Å². The van der Waals surface area contributed by atoms with Gasteiger partial charge in [0, 0.05) is 5.56 Å². The van der Waals surface area contributed by atoms with Crippen LogP contribution in [0.2, 0.25) is 0 Å². The molecule has 0 spiro atoms. The number of carbonyl (C=O) groups is 1. The highest BCUT2D eigenvalue weighted by Crippen LogP contribution is 2.27. The van der Waals surface area contributed by atoms with Crippen LogP contribution in [0.3, 0.4) is 0 Å². The number of thioether (sulfide) groups is 1. The predicted octanol–water partition coefficient (Wildman–Crippen LogP) is 5.38. The van der Waals surface area contributed by atoms with Gasteiger partial charge >= 0.3 is 5.97 Å². The van der Waals surface area contributed by atoms with E-state index in [-0.39, 0.29) is 11.9 Å². The first kappa shape index (κ1) is 19.6. The summed E-state index contributed by atoms with van der Waals surface area (Å²) in [6, 6.07) is 19.2. The minimum Gasteiger partial charge on any atom is -0.497 e. The number of hydrogen-bond donors (Lipinski definition) is 0. The number of aliphatic imine (C=N–C) groups is 1. The Morgan fingerprint density at radius 1 is 1.03 bits per heavy atom. The van der Waals surface area contributed by atoms with Crippen LogP contribution in [-0.4, -0.2) is 28.9 Å². The highest BCUT2D eigenvalue weighted by atomic mass is 32.2. The molecule has 0 amide bonds. The van der Waals surface area contributed by atoms with Gasteiger partial charge in [-0.2, -0.15) is 0 Å². The van der Waals surface area contributed by atoms with E-state index >= 15 is 0 Å². The fraction of sp³-hybridized carbons (Fsp3) is 0.174. The number of esters is 1. The molecule has 146 valence electrons. The van der Waals surface area contributed by atoms with Gasteiger partial charge in [0.15, 0.2) is 0 Å². The molecule has 1 heterocycles. The largest absolute Gasteiger partial charge is 0.497 e. The molecule has 29 heavy (non-hydrogen) atoms. The molecule has 6 heteroatoms. The molecule has 1 atom stereocenters. The Morgan fingerprint density at radius 2 is 1.72 bits per heavy atom. The van der Waals surface area contributed by atoms with E-state index in [1.54, 1.807) is 31.0 Å². The highest BCUT2D eigenvalue weighted by Gasteiger charge is 2.19. The second kappa shape index (κ2) is 8.35. The number of fused-ring (bicyclic) bond motifs is 1. The fourth-order valence-electron chi connectivity index (χ4n) is 3.10. The first-order chi connectivity index (χ1) is 14.0. The maximum absolute atomic E-state index is 12.6. The molecule has 0 radical (unpaired) electrons. The lowest BCUT2D eigenvalue weighted by Crippen LogP contribution is -2.16. The van der Waals surface area contributed by atoms with Gasteiger partial charge in [-0.25, -0.2) is 4.99 Å². The Balaban J connectivity index is 1.47. The number of benzene rings is 3. The van der Waals surface area contributed by atoms with Gasteiger partial charge in [-0.3, -0.25) is 4.79 Å². The van der Waals surface area contributed by atoms with Crippen molar-refractivity contribution in [2.24, 2.45) is 4.99 Å². The molecule has 0 bridgehead atoms.